The summed E-state index contributed by atoms with van der Waals surface area (Å²) in [6, 6.07) is 59.4. The zero-order valence-electron chi connectivity index (χ0n) is 24.9. The minimum absolute atomic E-state index is 0.376. The van der Waals surface area contributed by atoms with Gasteiger partial charge in [0, 0.05) is 15.2 Å². The van der Waals surface area contributed by atoms with E-state index in [4.69, 9.17) is 0 Å². The molecule has 212 valence electrons. The third-order valence-corrected chi connectivity index (χ3v) is 11.8. The highest BCUT2D eigenvalue weighted by Crippen LogP contribution is 2.65. The zero-order valence-corrected chi connectivity index (χ0v) is 25.7. The number of fused-ring (bicyclic) bond motifs is 14. The van der Waals surface area contributed by atoms with Gasteiger partial charge in [0.1, 0.15) is 0 Å². The SMILES string of the molecule is c1ccc2c(c1)Sc1ccc(-c3cccc4c3-c3ccccc3C43c4ccccc4-c4c3ccc3ccccc43)c3cccc-2c13. The van der Waals surface area contributed by atoms with Crippen LogP contribution in [0.2, 0.25) is 0 Å². The molecule has 2 aliphatic carbocycles. The summed E-state index contributed by atoms with van der Waals surface area (Å²) in [5, 5.41) is 5.30. The van der Waals surface area contributed by atoms with Gasteiger partial charge >= 0.3 is 0 Å². The van der Waals surface area contributed by atoms with Crippen LogP contribution in [0.5, 0.6) is 0 Å². The van der Waals surface area contributed by atoms with E-state index < -0.39 is 0 Å². The van der Waals surface area contributed by atoms with E-state index in [1.165, 1.54) is 98.1 Å². The van der Waals surface area contributed by atoms with Crippen molar-refractivity contribution in [2.75, 3.05) is 0 Å². The second-order valence-electron chi connectivity index (χ2n) is 12.7. The van der Waals surface area contributed by atoms with E-state index in [0.29, 0.717) is 0 Å². The Bertz CT molecular complexity index is 2630. The molecule has 8 aromatic carbocycles. The van der Waals surface area contributed by atoms with E-state index in [1.807, 2.05) is 11.8 Å². The molecule has 0 aromatic heterocycles. The molecular formula is C45H26S. The molecule has 0 bridgehead atoms. The molecule has 0 N–H and O–H groups in total. The van der Waals surface area contributed by atoms with Crippen molar-refractivity contribution in [3.8, 4) is 44.5 Å². The van der Waals surface area contributed by atoms with E-state index in [0.717, 1.165) is 0 Å². The molecule has 1 heterocycles. The number of hydrogen-bond donors (Lipinski definition) is 0. The van der Waals surface area contributed by atoms with Gasteiger partial charge in [0.15, 0.2) is 0 Å². The third kappa shape index (κ3) is 2.93. The van der Waals surface area contributed by atoms with Crippen LogP contribution in [0.3, 0.4) is 0 Å². The topological polar surface area (TPSA) is 0 Å². The summed E-state index contributed by atoms with van der Waals surface area (Å²) in [4.78, 5) is 2.67. The Morgan fingerprint density at radius 1 is 0.326 bits per heavy atom. The Labute approximate surface area is 272 Å². The van der Waals surface area contributed by atoms with Crippen LogP contribution in [-0.4, -0.2) is 0 Å². The standard InChI is InChI=1S/C45H26S/c1-2-12-28-27(11-1)23-25-39-42(28)34-14-3-6-19-36(34)45(39)37-20-7-4-15-35(37)43-31(18-10-21-38(43)45)29-24-26-41-44-32(29)16-9-17-33(44)30-13-5-8-22-40(30)46-41/h1-26H. The van der Waals surface area contributed by atoms with Crippen molar-refractivity contribution < 1.29 is 0 Å². The molecule has 0 fully saturated rings. The van der Waals surface area contributed by atoms with Gasteiger partial charge in [-0.15, -0.1) is 0 Å². The lowest BCUT2D eigenvalue weighted by molar-refractivity contribution is 0.794. The lowest BCUT2D eigenvalue weighted by Gasteiger charge is -2.30. The summed E-state index contributed by atoms with van der Waals surface area (Å²) < 4.78 is 0. The maximum Gasteiger partial charge on any atom is 0.0725 e. The largest absolute Gasteiger partial charge is 0.0888 e. The van der Waals surface area contributed by atoms with E-state index in [2.05, 4.69) is 158 Å². The average Bonchev–Trinajstić information content (AvgIpc) is 3.60. The lowest BCUT2D eigenvalue weighted by Crippen LogP contribution is -2.25. The maximum absolute atomic E-state index is 2.41. The Morgan fingerprint density at radius 3 is 1.80 bits per heavy atom. The van der Waals surface area contributed by atoms with Gasteiger partial charge < -0.3 is 0 Å². The molecule has 1 atom stereocenters. The Hall–Kier alpha value is -5.37. The predicted molar refractivity (Wildman–Crippen MR) is 193 cm³/mol. The number of benzene rings is 8. The molecule has 3 aliphatic rings. The Morgan fingerprint density at radius 2 is 0.935 bits per heavy atom. The molecule has 0 nitrogen and oxygen atoms in total. The molecule has 46 heavy (non-hydrogen) atoms. The van der Waals surface area contributed by atoms with E-state index >= 15 is 0 Å². The van der Waals surface area contributed by atoms with E-state index in [9.17, 15) is 0 Å². The molecule has 8 aromatic rings. The van der Waals surface area contributed by atoms with Crippen molar-refractivity contribution in [3.63, 3.8) is 0 Å². The molecule has 0 amide bonds. The van der Waals surface area contributed by atoms with Crippen LogP contribution in [-0.2, 0) is 5.41 Å². The first-order chi connectivity index (χ1) is 22.8. The van der Waals surface area contributed by atoms with Crippen LogP contribution in [0, 0.1) is 0 Å². The molecule has 1 heteroatoms. The molecule has 0 saturated carbocycles. The van der Waals surface area contributed by atoms with Crippen molar-refractivity contribution in [3.05, 3.63) is 180 Å². The van der Waals surface area contributed by atoms with Crippen molar-refractivity contribution in [1.29, 1.82) is 0 Å². The van der Waals surface area contributed by atoms with Crippen LogP contribution in [0.1, 0.15) is 22.3 Å². The third-order valence-electron chi connectivity index (χ3n) is 10.7. The van der Waals surface area contributed by atoms with Gasteiger partial charge in [0.05, 0.1) is 5.41 Å². The van der Waals surface area contributed by atoms with Crippen LogP contribution in [0.25, 0.3) is 66.1 Å². The smallest absolute Gasteiger partial charge is 0.0725 e. The molecular weight excluding hydrogens is 573 g/mol. The summed E-state index contributed by atoms with van der Waals surface area (Å²) >= 11 is 1.89. The summed E-state index contributed by atoms with van der Waals surface area (Å²) in [6.07, 6.45) is 0. The summed E-state index contributed by atoms with van der Waals surface area (Å²) in [7, 11) is 0. The predicted octanol–water partition coefficient (Wildman–Crippen LogP) is 12.1. The van der Waals surface area contributed by atoms with Gasteiger partial charge in [-0.1, -0.05) is 157 Å². The maximum atomic E-state index is 2.41. The van der Waals surface area contributed by atoms with Crippen molar-refractivity contribution >= 4 is 33.3 Å². The highest BCUT2D eigenvalue weighted by atomic mass is 32.2. The lowest BCUT2D eigenvalue weighted by atomic mass is 9.70. The van der Waals surface area contributed by atoms with Gasteiger partial charge in [-0.3, -0.25) is 0 Å². The second kappa shape index (κ2) is 8.88. The molecule has 0 radical (unpaired) electrons. The molecule has 1 spiro atoms. The van der Waals surface area contributed by atoms with Crippen molar-refractivity contribution in [2.24, 2.45) is 0 Å². The first kappa shape index (κ1) is 24.9. The van der Waals surface area contributed by atoms with Crippen molar-refractivity contribution in [1.82, 2.24) is 0 Å². The highest BCUT2D eigenvalue weighted by Gasteiger charge is 2.52. The van der Waals surface area contributed by atoms with Gasteiger partial charge in [0.25, 0.3) is 0 Å². The highest BCUT2D eigenvalue weighted by molar-refractivity contribution is 7.99. The fraction of sp³-hybridized carbons (Fsp3) is 0.0222. The molecule has 0 saturated heterocycles. The summed E-state index contributed by atoms with van der Waals surface area (Å²) in [5.74, 6) is 0. The molecule has 1 aliphatic heterocycles. The van der Waals surface area contributed by atoms with Gasteiger partial charge in [-0.2, -0.15) is 0 Å². The van der Waals surface area contributed by atoms with Gasteiger partial charge in [0.2, 0.25) is 0 Å². The first-order valence-electron chi connectivity index (χ1n) is 16.0. The fourth-order valence-electron chi connectivity index (χ4n) is 9.00. The van der Waals surface area contributed by atoms with Gasteiger partial charge in [-0.05, 0) is 95.1 Å². The van der Waals surface area contributed by atoms with Crippen LogP contribution >= 0.6 is 11.8 Å². The van der Waals surface area contributed by atoms with Gasteiger partial charge in [-0.25, -0.2) is 0 Å². The van der Waals surface area contributed by atoms with E-state index in [1.54, 1.807) is 0 Å². The first-order valence-corrected chi connectivity index (χ1v) is 16.8. The molecule has 11 rings (SSSR count). The average molecular weight is 599 g/mol. The van der Waals surface area contributed by atoms with E-state index in [-0.39, 0.29) is 5.41 Å². The van der Waals surface area contributed by atoms with Crippen LogP contribution in [0.4, 0.5) is 0 Å². The number of rotatable bonds is 1. The number of hydrogen-bond acceptors (Lipinski definition) is 1. The zero-order chi connectivity index (χ0) is 30.0. The van der Waals surface area contributed by atoms with Crippen molar-refractivity contribution in [2.45, 2.75) is 15.2 Å². The normalized spacial score (nSPS) is 16.3. The Kier molecular flexibility index (Phi) is 4.80. The minimum atomic E-state index is -0.376. The Balaban J connectivity index is 1.26. The van der Waals surface area contributed by atoms with Crippen LogP contribution in [0.15, 0.2) is 168 Å². The van der Waals surface area contributed by atoms with Crippen LogP contribution < -0.4 is 0 Å². The summed E-state index contributed by atoms with van der Waals surface area (Å²) in [6.45, 7) is 0. The summed E-state index contributed by atoms with van der Waals surface area (Å²) in [5.41, 5.74) is 15.8. The minimum Gasteiger partial charge on any atom is -0.0888 e. The fourth-order valence-corrected chi connectivity index (χ4v) is 10.1. The quantitative estimate of drug-likeness (QED) is 0.181. The second-order valence-corrected chi connectivity index (χ2v) is 13.8. The molecule has 1 unspecified atom stereocenters. The monoisotopic (exact) mass is 598 g/mol.